The number of ether oxygens (including phenoxy) is 2. The van der Waals surface area contributed by atoms with Crippen molar-refractivity contribution in [1.82, 2.24) is 0 Å². The highest BCUT2D eigenvalue weighted by molar-refractivity contribution is 6.74. The Morgan fingerprint density at radius 1 is 1.29 bits per heavy atom. The van der Waals surface area contributed by atoms with E-state index in [4.69, 9.17) is 13.9 Å². The standard InChI is InChI=1S/C23H36O4Si/c1-10-15-21(5)12-11-16(27-28(8,9)20(2,3)4)22(15,6)23(7)19(21)18-14(26-23)13-17(24)25-18/h10-12,14-16,18-19H,1,13H2,2-9H3/t14-,15+,16+,18+,19-,21?,22?,23-/m1/s1. The van der Waals surface area contributed by atoms with E-state index < -0.39 is 13.9 Å². The summed E-state index contributed by atoms with van der Waals surface area (Å²) in [7, 11) is -1.99. The summed E-state index contributed by atoms with van der Waals surface area (Å²) in [5.41, 5.74) is -0.870. The van der Waals surface area contributed by atoms with Gasteiger partial charge in [0.05, 0.1) is 18.1 Å². The number of allylic oxidation sites excluding steroid dienone is 2. The zero-order valence-electron chi connectivity index (χ0n) is 18.7. The summed E-state index contributed by atoms with van der Waals surface area (Å²) in [5, 5.41) is 0.128. The van der Waals surface area contributed by atoms with Gasteiger partial charge < -0.3 is 13.9 Å². The second-order valence-electron chi connectivity index (χ2n) is 11.4. The van der Waals surface area contributed by atoms with Gasteiger partial charge in [-0.25, -0.2) is 0 Å². The maximum absolute atomic E-state index is 12.0. The van der Waals surface area contributed by atoms with Gasteiger partial charge in [0.2, 0.25) is 0 Å². The van der Waals surface area contributed by atoms with Crippen molar-refractivity contribution in [3.8, 4) is 0 Å². The largest absolute Gasteiger partial charge is 0.459 e. The van der Waals surface area contributed by atoms with Crippen LogP contribution in [-0.2, 0) is 18.7 Å². The van der Waals surface area contributed by atoms with Crippen molar-refractivity contribution >= 4 is 14.3 Å². The second kappa shape index (κ2) is 5.61. The molecule has 4 aliphatic rings. The van der Waals surface area contributed by atoms with Gasteiger partial charge in [0, 0.05) is 16.7 Å². The van der Waals surface area contributed by atoms with Crippen LogP contribution in [0.1, 0.15) is 48.0 Å². The quantitative estimate of drug-likeness (QED) is 0.383. The molecule has 2 unspecified atom stereocenters. The highest BCUT2D eigenvalue weighted by atomic mass is 28.4. The van der Waals surface area contributed by atoms with E-state index in [0.717, 1.165) is 0 Å². The van der Waals surface area contributed by atoms with Crippen LogP contribution in [0.3, 0.4) is 0 Å². The Balaban J connectivity index is 1.81. The lowest BCUT2D eigenvalue weighted by molar-refractivity contribution is -0.151. The molecule has 4 nitrogen and oxygen atoms in total. The Bertz CT molecular complexity index is 752. The number of fused-ring (bicyclic) bond motifs is 7. The molecule has 28 heavy (non-hydrogen) atoms. The summed E-state index contributed by atoms with van der Waals surface area (Å²) < 4.78 is 19.5. The van der Waals surface area contributed by atoms with Crippen LogP contribution in [0.4, 0.5) is 0 Å². The van der Waals surface area contributed by atoms with E-state index in [0.29, 0.717) is 6.42 Å². The van der Waals surface area contributed by atoms with E-state index in [9.17, 15) is 4.79 Å². The lowest BCUT2D eigenvalue weighted by Gasteiger charge is -2.52. The molecule has 0 radical (unpaired) electrons. The lowest BCUT2D eigenvalue weighted by Crippen LogP contribution is -2.57. The van der Waals surface area contributed by atoms with Gasteiger partial charge in [0.25, 0.3) is 0 Å². The smallest absolute Gasteiger partial charge is 0.308 e. The first kappa shape index (κ1) is 20.4. The molecule has 8 atom stereocenters. The van der Waals surface area contributed by atoms with Gasteiger partial charge in [-0.3, -0.25) is 4.79 Å². The number of hydrogen-bond donors (Lipinski definition) is 0. The van der Waals surface area contributed by atoms with Crippen molar-refractivity contribution in [2.45, 2.75) is 90.0 Å². The summed E-state index contributed by atoms with van der Waals surface area (Å²) >= 11 is 0. The number of esters is 1. The fourth-order valence-electron chi connectivity index (χ4n) is 6.52. The third kappa shape index (κ3) is 2.21. The molecular weight excluding hydrogens is 368 g/mol. The molecule has 0 N–H and O–H groups in total. The molecule has 0 aromatic heterocycles. The van der Waals surface area contributed by atoms with Gasteiger partial charge in [0.15, 0.2) is 8.32 Å². The normalized spacial score (nSPS) is 49.7. The molecule has 5 heteroatoms. The van der Waals surface area contributed by atoms with Gasteiger partial charge >= 0.3 is 5.97 Å². The zero-order chi connectivity index (χ0) is 20.9. The molecule has 0 aromatic rings. The maximum Gasteiger partial charge on any atom is 0.308 e. The summed E-state index contributed by atoms with van der Waals surface area (Å²) in [6.45, 7) is 22.5. The molecule has 0 amide bonds. The van der Waals surface area contributed by atoms with E-state index >= 15 is 0 Å². The highest BCUT2D eigenvalue weighted by Crippen LogP contribution is 2.73. The van der Waals surface area contributed by atoms with Crippen molar-refractivity contribution in [3.05, 3.63) is 24.8 Å². The molecule has 0 aromatic carbocycles. The van der Waals surface area contributed by atoms with Crippen LogP contribution in [0.15, 0.2) is 24.8 Å². The van der Waals surface area contributed by atoms with Crippen molar-refractivity contribution < 1.29 is 18.7 Å². The number of rotatable bonds is 3. The average Bonchev–Trinajstić information content (AvgIpc) is 3.04. The monoisotopic (exact) mass is 404 g/mol. The van der Waals surface area contributed by atoms with Crippen LogP contribution in [0, 0.1) is 22.7 Å². The average molecular weight is 405 g/mol. The Morgan fingerprint density at radius 3 is 2.50 bits per heavy atom. The first-order chi connectivity index (χ1) is 12.7. The van der Waals surface area contributed by atoms with Crippen molar-refractivity contribution in [2.75, 3.05) is 0 Å². The predicted molar refractivity (Wildman–Crippen MR) is 112 cm³/mol. The first-order valence-electron chi connectivity index (χ1n) is 10.6. The van der Waals surface area contributed by atoms with Gasteiger partial charge in [0.1, 0.15) is 12.2 Å². The van der Waals surface area contributed by atoms with Crippen molar-refractivity contribution in [1.29, 1.82) is 0 Å². The summed E-state index contributed by atoms with van der Waals surface area (Å²) in [6, 6.07) is 0. The van der Waals surface area contributed by atoms with Crippen LogP contribution in [0.25, 0.3) is 0 Å². The van der Waals surface area contributed by atoms with Gasteiger partial charge in [-0.05, 0) is 31.0 Å². The topological polar surface area (TPSA) is 44.8 Å². The van der Waals surface area contributed by atoms with Crippen LogP contribution in [0.2, 0.25) is 18.1 Å². The van der Waals surface area contributed by atoms with Gasteiger partial charge in [-0.15, -0.1) is 6.58 Å². The van der Waals surface area contributed by atoms with Crippen LogP contribution in [0.5, 0.6) is 0 Å². The van der Waals surface area contributed by atoms with E-state index in [1.165, 1.54) is 0 Å². The lowest BCUT2D eigenvalue weighted by atomic mass is 9.61. The van der Waals surface area contributed by atoms with Gasteiger partial charge in [-0.1, -0.05) is 52.8 Å². The fraction of sp³-hybridized carbons (Fsp3) is 0.783. The molecular formula is C23H36O4Si. The molecule has 2 aliphatic carbocycles. The minimum atomic E-state index is -1.99. The number of carbonyl (C=O) groups excluding carboxylic acids is 1. The summed E-state index contributed by atoms with van der Waals surface area (Å²) in [5.74, 6) is 0.157. The maximum atomic E-state index is 12.0. The third-order valence-corrected chi connectivity index (χ3v) is 13.5. The minimum absolute atomic E-state index is 0.0472. The van der Waals surface area contributed by atoms with Gasteiger partial charge in [-0.2, -0.15) is 0 Å². The van der Waals surface area contributed by atoms with Crippen LogP contribution < -0.4 is 0 Å². The Kier molecular flexibility index (Phi) is 4.08. The van der Waals surface area contributed by atoms with E-state index in [-0.39, 0.29) is 52.0 Å². The van der Waals surface area contributed by atoms with Crippen LogP contribution >= 0.6 is 0 Å². The highest BCUT2D eigenvalue weighted by Gasteiger charge is 2.79. The summed E-state index contributed by atoms with van der Waals surface area (Å²) in [4.78, 5) is 12.0. The number of hydrogen-bond acceptors (Lipinski definition) is 4. The molecule has 2 saturated heterocycles. The summed E-state index contributed by atoms with van der Waals surface area (Å²) in [6.07, 6.45) is 6.65. The minimum Gasteiger partial charge on any atom is -0.459 e. The molecule has 3 fully saturated rings. The van der Waals surface area contributed by atoms with Crippen molar-refractivity contribution in [2.24, 2.45) is 22.7 Å². The predicted octanol–water partition coefficient (Wildman–Crippen LogP) is 4.86. The first-order valence-corrected chi connectivity index (χ1v) is 13.5. The molecule has 2 heterocycles. The van der Waals surface area contributed by atoms with E-state index in [1.807, 2.05) is 0 Å². The van der Waals surface area contributed by atoms with Crippen molar-refractivity contribution in [3.63, 3.8) is 0 Å². The molecule has 2 aliphatic heterocycles. The molecule has 4 rings (SSSR count). The zero-order valence-corrected chi connectivity index (χ0v) is 19.7. The molecule has 2 bridgehead atoms. The fourth-order valence-corrected chi connectivity index (χ4v) is 7.83. The third-order valence-electron chi connectivity index (χ3n) is 9.06. The van der Waals surface area contributed by atoms with E-state index in [2.05, 4.69) is 79.4 Å². The van der Waals surface area contributed by atoms with E-state index in [1.54, 1.807) is 0 Å². The Hall–Kier alpha value is -0.913. The molecule has 156 valence electrons. The van der Waals surface area contributed by atoms with Crippen LogP contribution in [-0.4, -0.2) is 38.2 Å². The molecule has 0 spiro atoms. The second-order valence-corrected chi connectivity index (χ2v) is 16.2. The Labute approximate surface area is 170 Å². The Morgan fingerprint density at radius 2 is 1.93 bits per heavy atom. The SMILES string of the molecule is C=C[C@H]1C2(C)C=C[C@H](O[Si](C)(C)C(C)(C)C)C1(C)[C@]1(C)O[C@@H]3CC(=O)O[C@@H]3[C@H]21. The number of carbonyl (C=O) groups is 1. The molecule has 1 saturated carbocycles.